The number of carbonyl (C=O) groups excluding carboxylic acids is 1. The van der Waals surface area contributed by atoms with Crippen LogP contribution in [0.2, 0.25) is 0 Å². The van der Waals surface area contributed by atoms with Crippen LogP contribution in [0.4, 0.5) is 4.79 Å². The van der Waals surface area contributed by atoms with Gasteiger partial charge in [0.1, 0.15) is 0 Å². The zero-order chi connectivity index (χ0) is 11.3. The molecule has 1 amide bonds. The van der Waals surface area contributed by atoms with Gasteiger partial charge in [-0.05, 0) is 38.4 Å². The van der Waals surface area contributed by atoms with Crippen molar-refractivity contribution in [1.29, 1.82) is 0 Å². The first-order valence-corrected chi connectivity index (χ1v) is 6.79. The molecule has 0 heterocycles. The third kappa shape index (κ3) is 3.68. The van der Waals surface area contributed by atoms with Gasteiger partial charge in [0.05, 0.1) is 6.10 Å². The Hall–Kier alpha value is -0.220. The van der Waals surface area contributed by atoms with Crippen molar-refractivity contribution >= 4 is 17.0 Å². The summed E-state index contributed by atoms with van der Waals surface area (Å²) in [6.07, 6.45) is 3.51. The summed E-state index contributed by atoms with van der Waals surface area (Å²) in [5.74, 6) is 0.824. The first-order chi connectivity index (χ1) is 7.19. The number of hydrogen-bond acceptors (Lipinski definition) is 3. The van der Waals surface area contributed by atoms with E-state index in [1.807, 2.05) is 18.7 Å². The van der Waals surface area contributed by atoms with Crippen LogP contribution >= 0.6 is 11.8 Å². The predicted molar refractivity (Wildman–Crippen MR) is 64.2 cm³/mol. The maximum atomic E-state index is 11.8. The van der Waals surface area contributed by atoms with Gasteiger partial charge in [-0.25, -0.2) is 0 Å². The van der Waals surface area contributed by atoms with Crippen molar-refractivity contribution in [2.24, 2.45) is 0 Å². The molecule has 0 bridgehead atoms. The molecule has 1 aliphatic rings. The summed E-state index contributed by atoms with van der Waals surface area (Å²) >= 11 is 1.36. The molecule has 0 aromatic carbocycles. The van der Waals surface area contributed by atoms with Crippen LogP contribution in [0.5, 0.6) is 0 Å². The number of rotatable bonds is 3. The number of aliphatic hydroxyl groups excluding tert-OH is 1. The summed E-state index contributed by atoms with van der Waals surface area (Å²) in [6, 6.07) is 0.255. The number of thioether (sulfide) groups is 1. The molecule has 0 aromatic heterocycles. The molecule has 0 radical (unpaired) electrons. The van der Waals surface area contributed by atoms with Gasteiger partial charge in [0.25, 0.3) is 5.24 Å². The molecule has 1 rings (SSSR count). The average molecular weight is 231 g/mol. The first kappa shape index (κ1) is 12.8. The second kappa shape index (κ2) is 6.38. The number of carbonyl (C=O) groups is 1. The van der Waals surface area contributed by atoms with Crippen molar-refractivity contribution in [1.82, 2.24) is 4.90 Å². The van der Waals surface area contributed by atoms with E-state index < -0.39 is 0 Å². The van der Waals surface area contributed by atoms with Crippen molar-refractivity contribution in [2.45, 2.75) is 51.7 Å². The molecule has 1 fully saturated rings. The Morgan fingerprint density at radius 2 is 2.20 bits per heavy atom. The van der Waals surface area contributed by atoms with Crippen LogP contribution in [0.3, 0.4) is 0 Å². The molecule has 1 saturated carbocycles. The highest BCUT2D eigenvalue weighted by molar-refractivity contribution is 8.13. The Morgan fingerprint density at radius 3 is 2.73 bits per heavy atom. The lowest BCUT2D eigenvalue weighted by molar-refractivity contribution is 0.0814. The second-order valence-corrected chi connectivity index (χ2v) is 5.17. The molecule has 0 spiro atoms. The van der Waals surface area contributed by atoms with Crippen molar-refractivity contribution in [2.75, 3.05) is 12.3 Å². The van der Waals surface area contributed by atoms with Crippen molar-refractivity contribution in [3.63, 3.8) is 0 Å². The van der Waals surface area contributed by atoms with Crippen molar-refractivity contribution < 1.29 is 9.90 Å². The lowest BCUT2D eigenvalue weighted by Crippen LogP contribution is -2.42. The van der Waals surface area contributed by atoms with E-state index in [1.54, 1.807) is 0 Å². The van der Waals surface area contributed by atoms with E-state index >= 15 is 0 Å². The van der Waals surface area contributed by atoms with Crippen LogP contribution in [0.15, 0.2) is 0 Å². The van der Waals surface area contributed by atoms with Gasteiger partial charge in [-0.3, -0.25) is 4.79 Å². The largest absolute Gasteiger partial charge is 0.393 e. The molecular weight excluding hydrogens is 210 g/mol. The summed E-state index contributed by atoms with van der Waals surface area (Å²) in [6.45, 7) is 4.75. The molecule has 15 heavy (non-hydrogen) atoms. The predicted octanol–water partition coefficient (Wildman–Crippen LogP) is 2.48. The van der Waals surface area contributed by atoms with Crippen LogP contribution in [-0.4, -0.2) is 39.7 Å². The minimum atomic E-state index is -0.211. The molecule has 0 saturated heterocycles. The van der Waals surface area contributed by atoms with Gasteiger partial charge in [0.2, 0.25) is 0 Å². The SMILES string of the molecule is CCSC(=O)N(CC)[C@@H]1CCC[C@@H](O)C1. The van der Waals surface area contributed by atoms with Gasteiger partial charge < -0.3 is 10.0 Å². The van der Waals surface area contributed by atoms with Crippen molar-refractivity contribution in [3.05, 3.63) is 0 Å². The summed E-state index contributed by atoms with van der Waals surface area (Å²) in [7, 11) is 0. The van der Waals surface area contributed by atoms with Gasteiger partial charge in [-0.2, -0.15) is 0 Å². The summed E-state index contributed by atoms with van der Waals surface area (Å²) < 4.78 is 0. The third-order valence-corrected chi connectivity index (χ3v) is 3.67. The zero-order valence-corrected chi connectivity index (χ0v) is 10.4. The zero-order valence-electron chi connectivity index (χ0n) is 9.61. The van der Waals surface area contributed by atoms with Gasteiger partial charge in [0, 0.05) is 12.6 Å². The Labute approximate surface area is 96.2 Å². The molecule has 0 aromatic rings. The molecular formula is C11H21NO2S. The van der Waals surface area contributed by atoms with E-state index in [2.05, 4.69) is 0 Å². The fraction of sp³-hybridized carbons (Fsp3) is 0.909. The minimum Gasteiger partial charge on any atom is -0.393 e. The second-order valence-electron chi connectivity index (χ2n) is 3.96. The molecule has 0 aliphatic heterocycles. The molecule has 1 aliphatic carbocycles. The van der Waals surface area contributed by atoms with Gasteiger partial charge in [-0.1, -0.05) is 18.7 Å². The topological polar surface area (TPSA) is 40.5 Å². The summed E-state index contributed by atoms with van der Waals surface area (Å²) in [5.41, 5.74) is 0. The standard InChI is InChI=1S/C11H21NO2S/c1-3-12(11(14)15-4-2)9-6-5-7-10(13)8-9/h9-10,13H,3-8H2,1-2H3/t9-,10-/m1/s1. The minimum absolute atomic E-state index is 0.166. The highest BCUT2D eigenvalue weighted by Crippen LogP contribution is 2.25. The highest BCUT2D eigenvalue weighted by atomic mass is 32.2. The van der Waals surface area contributed by atoms with Crippen LogP contribution in [-0.2, 0) is 0 Å². The monoisotopic (exact) mass is 231 g/mol. The van der Waals surface area contributed by atoms with E-state index in [9.17, 15) is 9.90 Å². The smallest absolute Gasteiger partial charge is 0.281 e. The number of aliphatic hydroxyl groups is 1. The molecule has 0 unspecified atom stereocenters. The first-order valence-electron chi connectivity index (χ1n) is 5.80. The van der Waals surface area contributed by atoms with E-state index in [0.717, 1.165) is 38.0 Å². The van der Waals surface area contributed by atoms with Crippen LogP contribution in [0, 0.1) is 0 Å². The fourth-order valence-corrected chi connectivity index (χ4v) is 2.86. The van der Waals surface area contributed by atoms with Gasteiger partial charge >= 0.3 is 0 Å². The molecule has 3 nitrogen and oxygen atoms in total. The molecule has 4 heteroatoms. The maximum Gasteiger partial charge on any atom is 0.281 e. The fourth-order valence-electron chi connectivity index (χ4n) is 2.16. The Morgan fingerprint density at radius 1 is 1.47 bits per heavy atom. The summed E-state index contributed by atoms with van der Waals surface area (Å²) in [5, 5.41) is 9.76. The molecule has 1 N–H and O–H groups in total. The number of amides is 1. The van der Waals surface area contributed by atoms with Crippen molar-refractivity contribution in [3.8, 4) is 0 Å². The van der Waals surface area contributed by atoms with Gasteiger partial charge in [-0.15, -0.1) is 0 Å². The Balaban J connectivity index is 2.52. The quantitative estimate of drug-likeness (QED) is 0.811. The van der Waals surface area contributed by atoms with Crippen LogP contribution < -0.4 is 0 Å². The van der Waals surface area contributed by atoms with E-state index in [0.29, 0.717) is 0 Å². The highest BCUT2D eigenvalue weighted by Gasteiger charge is 2.27. The lowest BCUT2D eigenvalue weighted by Gasteiger charge is -2.35. The van der Waals surface area contributed by atoms with E-state index in [1.165, 1.54) is 11.8 Å². The third-order valence-electron chi connectivity index (χ3n) is 2.90. The summed E-state index contributed by atoms with van der Waals surface area (Å²) in [4.78, 5) is 13.7. The van der Waals surface area contributed by atoms with Crippen LogP contribution in [0.1, 0.15) is 39.5 Å². The number of nitrogens with zero attached hydrogens (tertiary/aromatic N) is 1. The average Bonchev–Trinajstić information content (AvgIpc) is 2.19. The van der Waals surface area contributed by atoms with Gasteiger partial charge in [0.15, 0.2) is 0 Å². The van der Waals surface area contributed by atoms with E-state index in [4.69, 9.17) is 0 Å². The Bertz CT molecular complexity index is 211. The van der Waals surface area contributed by atoms with Crippen LogP contribution in [0.25, 0.3) is 0 Å². The van der Waals surface area contributed by atoms with E-state index in [-0.39, 0.29) is 17.4 Å². The maximum absolute atomic E-state index is 11.8. The Kier molecular flexibility index (Phi) is 5.47. The number of hydrogen-bond donors (Lipinski definition) is 1. The lowest BCUT2D eigenvalue weighted by atomic mass is 9.92. The normalized spacial score (nSPS) is 26.3. The molecule has 2 atom stereocenters. The molecule has 88 valence electrons.